The van der Waals surface area contributed by atoms with Crippen LogP contribution in [0.1, 0.15) is 31.9 Å². The second kappa shape index (κ2) is 11.5. The van der Waals surface area contributed by atoms with Crippen molar-refractivity contribution >= 4 is 41.0 Å². The molecule has 0 saturated carbocycles. The van der Waals surface area contributed by atoms with Crippen LogP contribution in [0.2, 0.25) is 10.0 Å². The molecule has 0 radical (unpaired) electrons. The van der Waals surface area contributed by atoms with E-state index < -0.39 is 47.7 Å². The maximum atomic E-state index is 12.9. The van der Waals surface area contributed by atoms with Crippen molar-refractivity contribution < 1.29 is 33.7 Å². The number of amides is 2. The summed E-state index contributed by atoms with van der Waals surface area (Å²) in [5.41, 5.74) is 5.99. The van der Waals surface area contributed by atoms with Gasteiger partial charge < -0.3 is 30.4 Å². The molecule has 4 atom stereocenters. The monoisotopic (exact) mass is 538 g/mol. The van der Waals surface area contributed by atoms with Crippen molar-refractivity contribution in [2.75, 3.05) is 0 Å². The van der Waals surface area contributed by atoms with Crippen LogP contribution in [0.3, 0.4) is 0 Å². The summed E-state index contributed by atoms with van der Waals surface area (Å²) in [5.74, 6) is -2.27. The van der Waals surface area contributed by atoms with Gasteiger partial charge >= 0.3 is 5.97 Å². The second-order valence-corrected chi connectivity index (χ2v) is 10.3. The Morgan fingerprint density at radius 1 is 1.08 bits per heavy atom. The number of carboxylic acids is 1. The lowest BCUT2D eigenvalue weighted by Crippen LogP contribution is -2.51. The molecule has 1 heterocycles. The summed E-state index contributed by atoms with van der Waals surface area (Å²) in [7, 11) is 0. The fraction of sp³-hybridized carbons (Fsp3) is 0.400. The molecule has 1 aliphatic rings. The predicted molar refractivity (Wildman–Crippen MR) is 133 cm³/mol. The molecule has 1 saturated heterocycles. The Morgan fingerprint density at radius 2 is 1.69 bits per heavy atom. The molecule has 2 amide bonds. The average molecular weight is 539 g/mol. The Balaban J connectivity index is 1.64. The Hall–Kier alpha value is -2.85. The van der Waals surface area contributed by atoms with Gasteiger partial charge in [-0.15, -0.1) is 0 Å². The molecule has 2 aromatic rings. The molecule has 0 bridgehead atoms. The number of carboxylic acid groups (broad SMARTS) is 1. The molecule has 194 valence electrons. The summed E-state index contributed by atoms with van der Waals surface area (Å²) < 4.78 is 16.7. The van der Waals surface area contributed by atoms with Crippen LogP contribution < -0.4 is 15.8 Å². The van der Waals surface area contributed by atoms with Gasteiger partial charge in [0.1, 0.15) is 24.5 Å². The first-order valence-electron chi connectivity index (χ1n) is 11.1. The van der Waals surface area contributed by atoms with E-state index >= 15 is 0 Å². The molecule has 1 fully saturated rings. The van der Waals surface area contributed by atoms with Gasteiger partial charge in [-0.05, 0) is 35.2 Å². The summed E-state index contributed by atoms with van der Waals surface area (Å²) >= 11 is 12.3. The zero-order valence-corrected chi connectivity index (χ0v) is 21.5. The number of ether oxygens (including phenoxy) is 3. The molecule has 1 aliphatic heterocycles. The van der Waals surface area contributed by atoms with Gasteiger partial charge in [0.15, 0.2) is 6.10 Å². The zero-order chi connectivity index (χ0) is 26.6. The van der Waals surface area contributed by atoms with Crippen LogP contribution in [0.4, 0.5) is 0 Å². The lowest BCUT2D eigenvalue weighted by Gasteiger charge is -2.29. The third-order valence-corrected chi connectivity index (χ3v) is 6.29. The fourth-order valence-corrected chi connectivity index (χ4v) is 4.18. The van der Waals surface area contributed by atoms with Crippen LogP contribution in [0, 0.1) is 5.41 Å². The van der Waals surface area contributed by atoms with Crippen molar-refractivity contribution in [3.8, 4) is 5.75 Å². The van der Waals surface area contributed by atoms with Crippen LogP contribution in [-0.4, -0.2) is 47.4 Å². The van der Waals surface area contributed by atoms with E-state index in [1.165, 1.54) is 0 Å². The molecule has 9 nitrogen and oxygen atoms in total. The third kappa shape index (κ3) is 6.88. The van der Waals surface area contributed by atoms with Crippen LogP contribution >= 0.6 is 23.2 Å². The molecule has 0 aromatic heterocycles. The van der Waals surface area contributed by atoms with Gasteiger partial charge in [0.25, 0.3) is 11.8 Å². The van der Waals surface area contributed by atoms with Crippen molar-refractivity contribution in [2.45, 2.75) is 58.3 Å². The molecular weight excluding hydrogens is 511 g/mol. The number of carbonyl (C=O) groups excluding carboxylic acids is 2. The highest BCUT2D eigenvalue weighted by Crippen LogP contribution is 2.33. The quantitative estimate of drug-likeness (QED) is 0.445. The minimum Gasteiger partial charge on any atom is -0.489 e. The van der Waals surface area contributed by atoms with E-state index in [0.717, 1.165) is 0 Å². The molecule has 0 spiro atoms. The summed E-state index contributed by atoms with van der Waals surface area (Å²) in [5, 5.41) is 13.2. The number of benzene rings is 2. The van der Waals surface area contributed by atoms with E-state index in [2.05, 4.69) is 5.32 Å². The lowest BCUT2D eigenvalue weighted by molar-refractivity contribution is -0.151. The predicted octanol–water partition coefficient (Wildman–Crippen LogP) is 3.33. The number of nitrogens with one attached hydrogen (secondary N) is 1. The molecular formula is C25H28Cl2N2O7. The van der Waals surface area contributed by atoms with Crippen LogP contribution in [-0.2, 0) is 36.9 Å². The Labute approximate surface area is 218 Å². The second-order valence-electron chi connectivity index (χ2n) is 9.45. The highest BCUT2D eigenvalue weighted by Gasteiger charge is 2.49. The highest BCUT2D eigenvalue weighted by atomic mass is 35.5. The summed E-state index contributed by atoms with van der Waals surface area (Å²) in [4.78, 5) is 36.3. The van der Waals surface area contributed by atoms with Gasteiger partial charge in [-0.1, -0.05) is 62.2 Å². The Kier molecular flexibility index (Phi) is 8.84. The van der Waals surface area contributed by atoms with Gasteiger partial charge in [-0.2, -0.15) is 0 Å². The van der Waals surface area contributed by atoms with Gasteiger partial charge in [0, 0.05) is 22.0 Å². The van der Waals surface area contributed by atoms with E-state index in [9.17, 15) is 19.5 Å². The molecule has 36 heavy (non-hydrogen) atoms. The molecule has 4 N–H and O–H groups in total. The van der Waals surface area contributed by atoms with Crippen LogP contribution in [0.15, 0.2) is 42.5 Å². The topological polar surface area (TPSA) is 137 Å². The zero-order valence-electron chi connectivity index (χ0n) is 20.0. The normalized spacial score (nSPS) is 20.5. The summed E-state index contributed by atoms with van der Waals surface area (Å²) in [6, 6.07) is 10.7. The first-order chi connectivity index (χ1) is 16.9. The van der Waals surface area contributed by atoms with Crippen molar-refractivity contribution in [1.29, 1.82) is 0 Å². The average Bonchev–Trinajstić information content (AvgIpc) is 3.26. The number of aliphatic carboxylic acids is 1. The number of primary amides is 1. The Morgan fingerprint density at radius 3 is 2.22 bits per heavy atom. The van der Waals surface area contributed by atoms with Crippen molar-refractivity contribution in [3.63, 3.8) is 0 Å². The molecule has 0 aliphatic carbocycles. The van der Waals surface area contributed by atoms with E-state index in [1.807, 2.05) is 20.8 Å². The number of hydrogen-bond donors (Lipinski definition) is 3. The maximum absolute atomic E-state index is 12.9. The fourth-order valence-electron chi connectivity index (χ4n) is 3.67. The van der Waals surface area contributed by atoms with Gasteiger partial charge in [-0.3, -0.25) is 9.59 Å². The standard InChI is InChI=1S/C25H28Cl2N2O7/c1-25(2,3)20-19(35-24(36-20)21(28)30)22(31)29-18(23(32)33)11-13-7-9-14(10-8-13)34-12-15-16(26)5-4-6-17(15)27/h4-10,18-20,24H,11-12H2,1-3H3,(H2,28,30)(H,29,31)(H,32,33)/t18-,19+,20-,24?/m0/s1. The minimum absolute atomic E-state index is 0.00467. The lowest BCUT2D eigenvalue weighted by atomic mass is 9.85. The number of carbonyl (C=O) groups is 3. The maximum Gasteiger partial charge on any atom is 0.326 e. The number of nitrogens with two attached hydrogens (primary N) is 1. The first kappa shape index (κ1) is 27.7. The molecule has 1 unspecified atom stereocenters. The van der Waals surface area contributed by atoms with E-state index in [4.69, 9.17) is 43.1 Å². The van der Waals surface area contributed by atoms with Gasteiger partial charge in [0.2, 0.25) is 6.29 Å². The summed E-state index contributed by atoms with van der Waals surface area (Å²) in [6.07, 6.45) is -3.38. The highest BCUT2D eigenvalue weighted by molar-refractivity contribution is 6.35. The smallest absolute Gasteiger partial charge is 0.326 e. The number of hydrogen-bond acceptors (Lipinski definition) is 6. The third-order valence-electron chi connectivity index (χ3n) is 5.58. The molecule has 2 aromatic carbocycles. The van der Waals surface area contributed by atoms with E-state index in [1.54, 1.807) is 42.5 Å². The minimum atomic E-state index is -1.39. The van der Waals surface area contributed by atoms with Crippen molar-refractivity contribution in [2.24, 2.45) is 11.1 Å². The van der Waals surface area contributed by atoms with E-state index in [0.29, 0.717) is 26.9 Å². The molecule has 3 rings (SSSR count). The van der Waals surface area contributed by atoms with Crippen molar-refractivity contribution in [1.82, 2.24) is 5.32 Å². The molecule has 11 heteroatoms. The number of halogens is 2. The van der Waals surface area contributed by atoms with Gasteiger partial charge in [0.05, 0.1) is 0 Å². The SMILES string of the molecule is CC(C)(C)[C@H]1OC(C(N)=O)O[C@H]1C(=O)N[C@@H](Cc1ccc(OCc2c(Cl)cccc2Cl)cc1)C(=O)O. The first-order valence-corrected chi connectivity index (χ1v) is 11.9. The van der Waals surface area contributed by atoms with Crippen LogP contribution in [0.25, 0.3) is 0 Å². The summed E-state index contributed by atoms with van der Waals surface area (Å²) in [6.45, 7) is 5.59. The Bertz CT molecular complexity index is 1100. The van der Waals surface area contributed by atoms with Crippen LogP contribution in [0.5, 0.6) is 5.75 Å². The van der Waals surface area contributed by atoms with Crippen molar-refractivity contribution in [3.05, 3.63) is 63.6 Å². The van der Waals surface area contributed by atoms with Gasteiger partial charge in [-0.25, -0.2) is 4.79 Å². The van der Waals surface area contributed by atoms with E-state index in [-0.39, 0.29) is 13.0 Å². The number of rotatable bonds is 9. The largest absolute Gasteiger partial charge is 0.489 e.